The van der Waals surface area contributed by atoms with Gasteiger partial charge in [0.15, 0.2) is 23.1 Å². The minimum absolute atomic E-state index is 0.101. The van der Waals surface area contributed by atoms with Crippen molar-refractivity contribution in [1.82, 2.24) is 0 Å². The van der Waals surface area contributed by atoms with Crippen LogP contribution in [-0.4, -0.2) is 12.9 Å². The van der Waals surface area contributed by atoms with Gasteiger partial charge in [0, 0.05) is 11.1 Å². The van der Waals surface area contributed by atoms with Crippen LogP contribution in [0.1, 0.15) is 11.1 Å². The van der Waals surface area contributed by atoms with Crippen molar-refractivity contribution in [2.24, 2.45) is 5.73 Å². The topological polar surface area (TPSA) is 68.3 Å². The summed E-state index contributed by atoms with van der Waals surface area (Å²) < 4.78 is 37.2. The largest absolute Gasteiger partial charge is 0.493 e. The van der Waals surface area contributed by atoms with Gasteiger partial charge in [-0.15, -0.1) is 0 Å². The van der Waals surface area contributed by atoms with E-state index in [-0.39, 0.29) is 18.0 Å². The zero-order chi connectivity index (χ0) is 15.4. The molecule has 0 atom stereocenters. The summed E-state index contributed by atoms with van der Waals surface area (Å²) in [6.45, 7) is -0.140. The Kier molecular flexibility index (Phi) is 4.37. The summed E-state index contributed by atoms with van der Waals surface area (Å²) in [6.07, 6.45) is 0. The van der Waals surface area contributed by atoms with Crippen LogP contribution in [0.2, 0.25) is 0 Å². The zero-order valence-electron chi connectivity index (χ0n) is 11.3. The van der Waals surface area contributed by atoms with Crippen molar-refractivity contribution < 1.29 is 18.3 Å². The third kappa shape index (κ3) is 3.28. The van der Waals surface area contributed by atoms with E-state index in [4.69, 9.17) is 20.6 Å². The summed E-state index contributed by atoms with van der Waals surface area (Å²) >= 11 is 0. The molecule has 0 bridgehead atoms. The second-order valence-electron chi connectivity index (χ2n) is 4.28. The van der Waals surface area contributed by atoms with Crippen LogP contribution in [-0.2, 0) is 6.61 Å². The molecule has 0 aliphatic heterocycles. The molecule has 2 aromatic rings. The lowest BCUT2D eigenvalue weighted by Crippen LogP contribution is -2.11. The minimum atomic E-state index is -0.933. The molecule has 21 heavy (non-hydrogen) atoms. The normalized spacial score (nSPS) is 10.2. The van der Waals surface area contributed by atoms with Gasteiger partial charge in [-0.2, -0.15) is 0 Å². The van der Waals surface area contributed by atoms with Gasteiger partial charge < -0.3 is 15.2 Å². The van der Waals surface area contributed by atoms with Gasteiger partial charge >= 0.3 is 0 Å². The molecule has 0 aliphatic rings. The first-order valence-corrected chi connectivity index (χ1v) is 6.11. The molecule has 0 aromatic heterocycles. The molecule has 0 saturated carbocycles. The third-order valence-electron chi connectivity index (χ3n) is 2.89. The van der Waals surface area contributed by atoms with Crippen LogP contribution >= 0.6 is 0 Å². The van der Waals surface area contributed by atoms with Crippen LogP contribution in [0.25, 0.3) is 0 Å². The van der Waals surface area contributed by atoms with Crippen molar-refractivity contribution >= 4 is 5.84 Å². The molecular formula is C15H14F2N2O2. The van der Waals surface area contributed by atoms with Crippen LogP contribution in [0.4, 0.5) is 8.78 Å². The Hall–Kier alpha value is -2.63. The number of nitrogen functional groups attached to an aromatic ring is 1. The lowest BCUT2D eigenvalue weighted by Gasteiger charge is -2.12. The first kappa shape index (κ1) is 14.8. The van der Waals surface area contributed by atoms with Crippen molar-refractivity contribution in [3.63, 3.8) is 0 Å². The van der Waals surface area contributed by atoms with Crippen molar-refractivity contribution in [2.45, 2.75) is 6.61 Å². The lowest BCUT2D eigenvalue weighted by atomic mass is 10.2. The second-order valence-corrected chi connectivity index (χ2v) is 4.28. The predicted octanol–water partition coefficient (Wildman–Crippen LogP) is 2.84. The molecule has 4 nitrogen and oxygen atoms in total. The number of methoxy groups -OCH3 is 1. The fourth-order valence-corrected chi connectivity index (χ4v) is 1.77. The number of ether oxygens (including phenoxy) is 2. The molecule has 110 valence electrons. The Morgan fingerprint density at radius 3 is 2.62 bits per heavy atom. The van der Waals surface area contributed by atoms with Gasteiger partial charge in [-0.25, -0.2) is 8.78 Å². The van der Waals surface area contributed by atoms with E-state index in [0.717, 1.165) is 6.07 Å². The van der Waals surface area contributed by atoms with Crippen molar-refractivity contribution in [3.8, 4) is 11.5 Å². The van der Waals surface area contributed by atoms with E-state index < -0.39 is 11.6 Å². The van der Waals surface area contributed by atoms with Gasteiger partial charge in [0.1, 0.15) is 12.4 Å². The first-order valence-electron chi connectivity index (χ1n) is 6.11. The van der Waals surface area contributed by atoms with Gasteiger partial charge in [-0.3, -0.25) is 5.41 Å². The minimum Gasteiger partial charge on any atom is -0.493 e. The maximum absolute atomic E-state index is 13.5. The van der Waals surface area contributed by atoms with Crippen LogP contribution < -0.4 is 15.2 Å². The standard InChI is InChI=1S/C15H14F2N2O2/c1-20-13-7-9(15(18)19)5-6-12(13)21-8-10-3-2-4-11(16)14(10)17/h2-7H,8H2,1H3,(H3,18,19). The number of amidine groups is 1. The Labute approximate surface area is 120 Å². The average Bonchev–Trinajstić information content (AvgIpc) is 2.48. The molecule has 0 radical (unpaired) electrons. The molecule has 2 aromatic carbocycles. The highest BCUT2D eigenvalue weighted by molar-refractivity contribution is 5.95. The van der Waals surface area contributed by atoms with E-state index in [1.54, 1.807) is 18.2 Å². The number of rotatable bonds is 5. The molecule has 0 aliphatic carbocycles. The van der Waals surface area contributed by atoms with Crippen LogP contribution in [0, 0.1) is 17.0 Å². The predicted molar refractivity (Wildman–Crippen MR) is 74.7 cm³/mol. The van der Waals surface area contributed by atoms with Crippen LogP contribution in [0.3, 0.4) is 0 Å². The molecule has 0 fully saturated rings. The molecule has 0 heterocycles. The van der Waals surface area contributed by atoms with Crippen molar-refractivity contribution in [2.75, 3.05) is 7.11 Å². The van der Waals surface area contributed by atoms with E-state index in [1.165, 1.54) is 19.2 Å². The maximum Gasteiger partial charge on any atom is 0.165 e. The lowest BCUT2D eigenvalue weighted by molar-refractivity contribution is 0.278. The van der Waals surface area contributed by atoms with Gasteiger partial charge in [0.05, 0.1) is 7.11 Å². The SMILES string of the molecule is COc1cc(C(=N)N)ccc1OCc1cccc(F)c1F. The second kappa shape index (κ2) is 6.21. The Morgan fingerprint density at radius 1 is 1.19 bits per heavy atom. The van der Waals surface area contributed by atoms with Crippen molar-refractivity contribution in [1.29, 1.82) is 5.41 Å². The summed E-state index contributed by atoms with van der Waals surface area (Å²) in [7, 11) is 1.44. The van der Waals surface area contributed by atoms with Gasteiger partial charge in [0.25, 0.3) is 0 Å². The third-order valence-corrected chi connectivity index (χ3v) is 2.89. The first-order chi connectivity index (χ1) is 10.0. The molecule has 0 saturated heterocycles. The molecule has 0 amide bonds. The summed E-state index contributed by atoms with van der Waals surface area (Å²) in [5.74, 6) is -1.24. The number of halogens is 2. The monoisotopic (exact) mass is 292 g/mol. The maximum atomic E-state index is 13.5. The smallest absolute Gasteiger partial charge is 0.165 e. The highest BCUT2D eigenvalue weighted by atomic mass is 19.2. The number of nitrogens with one attached hydrogen (secondary N) is 1. The van der Waals surface area contributed by atoms with Gasteiger partial charge in [0.2, 0.25) is 0 Å². The number of hydrogen-bond donors (Lipinski definition) is 2. The highest BCUT2D eigenvalue weighted by Gasteiger charge is 2.11. The number of nitrogens with two attached hydrogens (primary N) is 1. The quantitative estimate of drug-likeness (QED) is 0.657. The molecular weight excluding hydrogens is 278 g/mol. The molecule has 0 spiro atoms. The molecule has 3 N–H and O–H groups in total. The summed E-state index contributed by atoms with van der Waals surface area (Å²) in [6, 6.07) is 8.58. The Balaban J connectivity index is 2.20. The fourth-order valence-electron chi connectivity index (χ4n) is 1.77. The summed E-state index contributed by atoms with van der Waals surface area (Å²) in [4.78, 5) is 0. The van der Waals surface area contributed by atoms with Crippen LogP contribution in [0.15, 0.2) is 36.4 Å². The fraction of sp³-hybridized carbons (Fsp3) is 0.133. The Morgan fingerprint density at radius 2 is 1.95 bits per heavy atom. The van der Waals surface area contributed by atoms with E-state index in [1.807, 2.05) is 0 Å². The van der Waals surface area contributed by atoms with E-state index in [9.17, 15) is 8.78 Å². The Bertz CT molecular complexity index is 675. The van der Waals surface area contributed by atoms with E-state index in [0.29, 0.717) is 17.1 Å². The highest BCUT2D eigenvalue weighted by Crippen LogP contribution is 2.29. The number of hydrogen-bond acceptors (Lipinski definition) is 3. The van der Waals surface area contributed by atoms with Gasteiger partial charge in [-0.05, 0) is 24.3 Å². The summed E-state index contributed by atoms with van der Waals surface area (Å²) in [5, 5.41) is 7.36. The molecule has 6 heteroatoms. The zero-order valence-corrected chi connectivity index (χ0v) is 11.3. The van der Waals surface area contributed by atoms with Gasteiger partial charge in [-0.1, -0.05) is 12.1 Å². The van der Waals surface area contributed by atoms with E-state index in [2.05, 4.69) is 0 Å². The number of benzene rings is 2. The average molecular weight is 292 g/mol. The van der Waals surface area contributed by atoms with E-state index >= 15 is 0 Å². The summed E-state index contributed by atoms with van der Waals surface area (Å²) in [5.41, 5.74) is 5.97. The molecule has 0 unspecified atom stereocenters. The van der Waals surface area contributed by atoms with Crippen LogP contribution in [0.5, 0.6) is 11.5 Å². The van der Waals surface area contributed by atoms with Crippen molar-refractivity contribution in [3.05, 3.63) is 59.2 Å². The molecule has 2 rings (SSSR count).